The lowest BCUT2D eigenvalue weighted by Crippen LogP contribution is -2.27. The first-order chi connectivity index (χ1) is 7.20. The molecule has 0 bridgehead atoms. The molecular formula is C9H12N4O2. The SMILES string of the molecule is NCC1CC(=O)N(c2cc(=O)[nH]cn2)C1. The molecule has 1 aromatic rings. The molecule has 3 N–H and O–H groups in total. The van der Waals surface area contributed by atoms with E-state index in [2.05, 4.69) is 9.97 Å². The van der Waals surface area contributed by atoms with Gasteiger partial charge < -0.3 is 10.7 Å². The molecule has 6 nitrogen and oxygen atoms in total. The van der Waals surface area contributed by atoms with Gasteiger partial charge in [-0.1, -0.05) is 0 Å². The molecule has 1 atom stereocenters. The lowest BCUT2D eigenvalue weighted by Gasteiger charge is -2.14. The van der Waals surface area contributed by atoms with Gasteiger partial charge in [-0.05, 0) is 12.5 Å². The monoisotopic (exact) mass is 208 g/mol. The molecule has 2 heterocycles. The molecule has 1 unspecified atom stereocenters. The lowest BCUT2D eigenvalue weighted by molar-refractivity contribution is -0.117. The molecule has 80 valence electrons. The van der Waals surface area contributed by atoms with Crippen molar-refractivity contribution >= 4 is 11.7 Å². The second-order valence-corrected chi connectivity index (χ2v) is 3.58. The van der Waals surface area contributed by atoms with Gasteiger partial charge in [-0.3, -0.25) is 14.5 Å². The fourth-order valence-electron chi connectivity index (χ4n) is 1.67. The number of anilines is 1. The largest absolute Gasteiger partial charge is 0.330 e. The van der Waals surface area contributed by atoms with E-state index in [0.717, 1.165) is 0 Å². The van der Waals surface area contributed by atoms with E-state index in [1.165, 1.54) is 17.3 Å². The maximum Gasteiger partial charge on any atom is 0.252 e. The highest BCUT2D eigenvalue weighted by Crippen LogP contribution is 2.21. The van der Waals surface area contributed by atoms with Crippen molar-refractivity contribution < 1.29 is 4.79 Å². The Hall–Kier alpha value is -1.69. The molecule has 1 saturated heterocycles. The van der Waals surface area contributed by atoms with Gasteiger partial charge in [-0.15, -0.1) is 0 Å². The van der Waals surface area contributed by atoms with Gasteiger partial charge in [-0.2, -0.15) is 0 Å². The van der Waals surface area contributed by atoms with E-state index in [-0.39, 0.29) is 17.4 Å². The van der Waals surface area contributed by atoms with Crippen LogP contribution in [0.2, 0.25) is 0 Å². The van der Waals surface area contributed by atoms with E-state index < -0.39 is 0 Å². The standard InChI is InChI=1S/C9H12N4O2/c10-3-6-1-9(15)13(4-6)7-2-8(14)12-5-11-7/h2,5-6H,1,3-4,10H2,(H,11,12,14). The molecule has 1 fully saturated rings. The minimum atomic E-state index is -0.260. The summed E-state index contributed by atoms with van der Waals surface area (Å²) in [6.07, 6.45) is 1.73. The number of hydrogen-bond donors (Lipinski definition) is 2. The number of aromatic amines is 1. The highest BCUT2D eigenvalue weighted by molar-refractivity contribution is 5.94. The van der Waals surface area contributed by atoms with Crippen LogP contribution >= 0.6 is 0 Å². The molecule has 1 aliphatic rings. The van der Waals surface area contributed by atoms with E-state index in [1.807, 2.05) is 0 Å². The molecule has 0 aliphatic carbocycles. The molecule has 0 spiro atoms. The summed E-state index contributed by atoms with van der Waals surface area (Å²) >= 11 is 0. The topological polar surface area (TPSA) is 92.1 Å². The fraction of sp³-hybridized carbons (Fsp3) is 0.444. The summed E-state index contributed by atoms with van der Waals surface area (Å²) in [6.45, 7) is 1.03. The Balaban J connectivity index is 2.25. The van der Waals surface area contributed by atoms with Crippen molar-refractivity contribution in [1.29, 1.82) is 0 Å². The first-order valence-corrected chi connectivity index (χ1v) is 4.76. The maximum atomic E-state index is 11.6. The Morgan fingerprint density at radius 2 is 2.40 bits per heavy atom. The van der Waals surface area contributed by atoms with Crippen LogP contribution in [0.25, 0.3) is 0 Å². The van der Waals surface area contributed by atoms with Crippen LogP contribution < -0.4 is 16.2 Å². The quantitative estimate of drug-likeness (QED) is 0.657. The van der Waals surface area contributed by atoms with Crippen molar-refractivity contribution in [2.24, 2.45) is 11.7 Å². The van der Waals surface area contributed by atoms with E-state index in [1.54, 1.807) is 0 Å². The fourth-order valence-corrected chi connectivity index (χ4v) is 1.67. The first kappa shape index (κ1) is 9.85. The van der Waals surface area contributed by atoms with Gasteiger partial charge in [-0.25, -0.2) is 4.98 Å². The minimum absolute atomic E-state index is 0.0245. The van der Waals surface area contributed by atoms with Crippen LogP contribution in [0.4, 0.5) is 5.82 Å². The number of nitrogens with one attached hydrogen (secondary N) is 1. The zero-order chi connectivity index (χ0) is 10.8. The third-order valence-corrected chi connectivity index (χ3v) is 2.48. The summed E-state index contributed by atoms with van der Waals surface area (Å²) in [7, 11) is 0. The number of carbonyl (C=O) groups is 1. The Kier molecular flexibility index (Phi) is 2.51. The second kappa shape index (κ2) is 3.82. The van der Waals surface area contributed by atoms with Crippen LogP contribution in [0.3, 0.4) is 0 Å². The molecule has 1 aromatic heterocycles. The van der Waals surface area contributed by atoms with Crippen molar-refractivity contribution in [2.45, 2.75) is 6.42 Å². The third kappa shape index (κ3) is 1.89. The molecule has 1 amide bonds. The van der Waals surface area contributed by atoms with Gasteiger partial charge in [0.15, 0.2) is 0 Å². The molecule has 0 radical (unpaired) electrons. The van der Waals surface area contributed by atoms with E-state index in [9.17, 15) is 9.59 Å². The summed E-state index contributed by atoms with van der Waals surface area (Å²) < 4.78 is 0. The van der Waals surface area contributed by atoms with Crippen molar-refractivity contribution in [3.8, 4) is 0 Å². The Bertz CT molecular complexity index is 428. The molecule has 2 rings (SSSR count). The van der Waals surface area contributed by atoms with E-state index in [0.29, 0.717) is 25.3 Å². The number of rotatable bonds is 2. The summed E-state index contributed by atoms with van der Waals surface area (Å²) in [5, 5.41) is 0. The Morgan fingerprint density at radius 3 is 3.00 bits per heavy atom. The van der Waals surface area contributed by atoms with Gasteiger partial charge >= 0.3 is 0 Å². The van der Waals surface area contributed by atoms with Crippen LogP contribution in [0.15, 0.2) is 17.2 Å². The van der Waals surface area contributed by atoms with Crippen molar-refractivity contribution in [3.05, 3.63) is 22.7 Å². The van der Waals surface area contributed by atoms with E-state index in [4.69, 9.17) is 5.73 Å². The number of amides is 1. The predicted octanol–water partition coefficient (Wildman–Crippen LogP) is -0.918. The zero-order valence-corrected chi connectivity index (χ0v) is 8.14. The molecule has 0 saturated carbocycles. The zero-order valence-electron chi connectivity index (χ0n) is 8.14. The van der Waals surface area contributed by atoms with Crippen molar-refractivity contribution in [2.75, 3.05) is 18.0 Å². The smallest absolute Gasteiger partial charge is 0.252 e. The number of aromatic nitrogens is 2. The number of nitrogens with two attached hydrogens (primary N) is 1. The average molecular weight is 208 g/mol. The predicted molar refractivity (Wildman–Crippen MR) is 54.4 cm³/mol. The van der Waals surface area contributed by atoms with Crippen LogP contribution in [-0.2, 0) is 4.79 Å². The number of H-pyrrole nitrogens is 1. The molecule has 0 aromatic carbocycles. The van der Waals surface area contributed by atoms with Crippen LogP contribution in [0, 0.1) is 5.92 Å². The molecular weight excluding hydrogens is 196 g/mol. The second-order valence-electron chi connectivity index (χ2n) is 3.58. The average Bonchev–Trinajstić information content (AvgIpc) is 2.60. The van der Waals surface area contributed by atoms with Gasteiger partial charge in [0.05, 0.1) is 6.33 Å². The summed E-state index contributed by atoms with van der Waals surface area (Å²) in [6, 6.07) is 1.32. The van der Waals surface area contributed by atoms with Crippen LogP contribution in [0.5, 0.6) is 0 Å². The van der Waals surface area contributed by atoms with Crippen molar-refractivity contribution in [1.82, 2.24) is 9.97 Å². The van der Waals surface area contributed by atoms with E-state index >= 15 is 0 Å². The van der Waals surface area contributed by atoms with Gasteiger partial charge in [0.2, 0.25) is 5.91 Å². The van der Waals surface area contributed by atoms with Gasteiger partial charge in [0.25, 0.3) is 5.56 Å². The Morgan fingerprint density at radius 1 is 1.60 bits per heavy atom. The third-order valence-electron chi connectivity index (χ3n) is 2.48. The minimum Gasteiger partial charge on any atom is -0.330 e. The summed E-state index contributed by atoms with van der Waals surface area (Å²) in [4.78, 5) is 30.5. The van der Waals surface area contributed by atoms with Crippen LogP contribution in [-0.4, -0.2) is 29.0 Å². The highest BCUT2D eigenvalue weighted by Gasteiger charge is 2.30. The summed E-state index contributed by atoms with van der Waals surface area (Å²) in [5.41, 5.74) is 5.24. The number of nitrogens with zero attached hydrogens (tertiary/aromatic N) is 2. The number of hydrogen-bond acceptors (Lipinski definition) is 4. The maximum absolute atomic E-state index is 11.6. The Labute approximate surface area is 86.1 Å². The highest BCUT2D eigenvalue weighted by atomic mass is 16.2. The normalized spacial score (nSPS) is 21.0. The molecule has 15 heavy (non-hydrogen) atoms. The lowest BCUT2D eigenvalue weighted by atomic mass is 10.1. The molecule has 6 heteroatoms. The molecule has 1 aliphatic heterocycles. The van der Waals surface area contributed by atoms with Gasteiger partial charge in [0.1, 0.15) is 5.82 Å². The summed E-state index contributed by atoms with van der Waals surface area (Å²) in [5.74, 6) is 0.543. The number of carbonyl (C=O) groups excluding carboxylic acids is 1. The first-order valence-electron chi connectivity index (χ1n) is 4.76. The van der Waals surface area contributed by atoms with Gasteiger partial charge in [0, 0.05) is 19.0 Å². The van der Waals surface area contributed by atoms with Crippen molar-refractivity contribution in [3.63, 3.8) is 0 Å². The van der Waals surface area contributed by atoms with Crippen LogP contribution in [0.1, 0.15) is 6.42 Å².